The van der Waals surface area contributed by atoms with Gasteiger partial charge in [-0.25, -0.2) is 9.37 Å². The third-order valence-corrected chi connectivity index (χ3v) is 5.97. The van der Waals surface area contributed by atoms with E-state index >= 15 is 0 Å². The van der Waals surface area contributed by atoms with Gasteiger partial charge in [-0.3, -0.25) is 9.59 Å². The lowest BCUT2D eigenvalue weighted by Gasteiger charge is -2.22. The number of amides is 2. The number of fused-ring (bicyclic) bond motifs is 1. The molecule has 0 spiro atoms. The van der Waals surface area contributed by atoms with Crippen molar-refractivity contribution in [1.29, 1.82) is 0 Å². The van der Waals surface area contributed by atoms with Crippen LogP contribution in [0.2, 0.25) is 0 Å². The van der Waals surface area contributed by atoms with E-state index in [1.54, 1.807) is 40.6 Å². The van der Waals surface area contributed by atoms with Crippen LogP contribution in [-0.4, -0.2) is 36.6 Å². The van der Waals surface area contributed by atoms with Crippen molar-refractivity contribution in [1.82, 2.24) is 4.98 Å². The maximum absolute atomic E-state index is 13.1. The lowest BCUT2D eigenvalue weighted by molar-refractivity contribution is -0.122. The van der Waals surface area contributed by atoms with Gasteiger partial charge in [0.15, 0.2) is 16.6 Å². The fourth-order valence-corrected chi connectivity index (χ4v) is 4.35. The Labute approximate surface area is 181 Å². The first-order valence-electron chi connectivity index (χ1n) is 9.79. The van der Waals surface area contributed by atoms with Crippen LogP contribution in [0.4, 0.5) is 15.2 Å². The Morgan fingerprint density at radius 2 is 1.90 bits per heavy atom. The van der Waals surface area contributed by atoms with Gasteiger partial charge in [0.2, 0.25) is 11.8 Å². The number of aromatic nitrogens is 1. The van der Waals surface area contributed by atoms with Crippen LogP contribution >= 0.6 is 11.3 Å². The molecule has 1 aromatic heterocycles. The Morgan fingerprint density at radius 3 is 2.71 bits per heavy atom. The number of nitrogens with zero attached hydrogens (tertiary/aromatic N) is 2. The molecule has 3 aromatic rings. The molecule has 9 heteroatoms. The zero-order valence-corrected chi connectivity index (χ0v) is 17.2. The average Bonchev–Trinajstić information content (AvgIpc) is 3.41. The normalized spacial score (nSPS) is 17.6. The predicted octanol–water partition coefficient (Wildman–Crippen LogP) is 3.71. The third-order valence-electron chi connectivity index (χ3n) is 5.21. The van der Waals surface area contributed by atoms with E-state index in [2.05, 4.69) is 10.3 Å². The summed E-state index contributed by atoms with van der Waals surface area (Å²) in [4.78, 5) is 31.3. The molecule has 0 aliphatic carbocycles. The minimum Gasteiger partial charge on any atom is -0.486 e. The zero-order valence-electron chi connectivity index (χ0n) is 16.3. The van der Waals surface area contributed by atoms with Gasteiger partial charge in [-0.05, 0) is 36.4 Å². The summed E-state index contributed by atoms with van der Waals surface area (Å²) in [5, 5.41) is 5.03. The van der Waals surface area contributed by atoms with Crippen molar-refractivity contribution in [2.45, 2.75) is 6.42 Å². The van der Waals surface area contributed by atoms with Gasteiger partial charge in [0.25, 0.3) is 0 Å². The highest BCUT2D eigenvalue weighted by Crippen LogP contribution is 2.36. The van der Waals surface area contributed by atoms with Crippen LogP contribution in [-0.2, 0) is 9.59 Å². The van der Waals surface area contributed by atoms with Crippen LogP contribution in [0.25, 0.3) is 11.3 Å². The fraction of sp³-hybridized carbons (Fsp3) is 0.227. The molecule has 3 heterocycles. The SMILES string of the molecule is O=C(Nc1nc(-c2ccc(F)cc2)cs1)[C@H]1CC(=O)N(c2ccc3c(c2)OCCO3)C1. The number of nitrogens with one attached hydrogen (secondary N) is 1. The molecule has 5 rings (SSSR count). The first-order valence-corrected chi connectivity index (χ1v) is 10.7. The molecule has 158 valence electrons. The Balaban J connectivity index is 1.26. The van der Waals surface area contributed by atoms with Crippen LogP contribution in [0, 0.1) is 11.7 Å². The molecule has 0 saturated carbocycles. The van der Waals surface area contributed by atoms with Crippen molar-refractivity contribution >= 4 is 34.0 Å². The number of anilines is 2. The first kappa shape index (κ1) is 19.5. The summed E-state index contributed by atoms with van der Waals surface area (Å²) in [6.45, 7) is 1.24. The molecule has 1 saturated heterocycles. The van der Waals surface area contributed by atoms with E-state index in [4.69, 9.17) is 9.47 Å². The summed E-state index contributed by atoms with van der Waals surface area (Å²) in [5.41, 5.74) is 2.09. The molecule has 7 nitrogen and oxygen atoms in total. The van der Waals surface area contributed by atoms with Crippen molar-refractivity contribution in [2.24, 2.45) is 5.92 Å². The molecule has 0 radical (unpaired) electrons. The Morgan fingerprint density at radius 1 is 1.13 bits per heavy atom. The van der Waals surface area contributed by atoms with Crippen molar-refractivity contribution in [3.8, 4) is 22.8 Å². The molecule has 2 aromatic carbocycles. The van der Waals surface area contributed by atoms with E-state index in [1.807, 2.05) is 0 Å². The van der Waals surface area contributed by atoms with Gasteiger partial charge in [-0.1, -0.05) is 0 Å². The summed E-state index contributed by atoms with van der Waals surface area (Å²) in [7, 11) is 0. The number of hydrogen-bond donors (Lipinski definition) is 1. The highest BCUT2D eigenvalue weighted by atomic mass is 32.1. The van der Waals surface area contributed by atoms with Crippen LogP contribution in [0.3, 0.4) is 0 Å². The molecule has 2 aliphatic heterocycles. The number of halogens is 1. The van der Waals surface area contributed by atoms with Crippen molar-refractivity contribution < 1.29 is 23.5 Å². The molecule has 0 bridgehead atoms. The summed E-state index contributed by atoms with van der Waals surface area (Å²) in [5.74, 6) is 0.0634. The highest BCUT2D eigenvalue weighted by Gasteiger charge is 2.36. The Bertz CT molecular complexity index is 1150. The third kappa shape index (κ3) is 3.96. The maximum Gasteiger partial charge on any atom is 0.231 e. The van der Waals surface area contributed by atoms with E-state index in [0.717, 1.165) is 5.56 Å². The van der Waals surface area contributed by atoms with Crippen LogP contribution in [0.1, 0.15) is 6.42 Å². The summed E-state index contributed by atoms with van der Waals surface area (Å²) in [6, 6.07) is 11.3. The van der Waals surface area contributed by atoms with Crippen molar-refractivity contribution in [2.75, 3.05) is 30.0 Å². The molecular weight excluding hydrogens is 421 g/mol. The minimum atomic E-state index is -0.487. The number of ether oxygens (including phenoxy) is 2. The lowest BCUT2D eigenvalue weighted by Crippen LogP contribution is -2.28. The highest BCUT2D eigenvalue weighted by molar-refractivity contribution is 7.14. The van der Waals surface area contributed by atoms with Crippen molar-refractivity contribution in [3.63, 3.8) is 0 Å². The summed E-state index contributed by atoms with van der Waals surface area (Å²) in [6.07, 6.45) is 0.121. The predicted molar refractivity (Wildman–Crippen MR) is 114 cm³/mol. The molecule has 0 unspecified atom stereocenters. The summed E-state index contributed by atoms with van der Waals surface area (Å²) >= 11 is 1.28. The number of rotatable bonds is 4. The Hall–Kier alpha value is -3.46. The van der Waals surface area contributed by atoms with Gasteiger partial charge in [-0.2, -0.15) is 0 Å². The number of hydrogen-bond acceptors (Lipinski definition) is 6. The average molecular weight is 439 g/mol. The van der Waals surface area contributed by atoms with E-state index in [0.29, 0.717) is 41.2 Å². The minimum absolute atomic E-state index is 0.121. The monoisotopic (exact) mass is 439 g/mol. The molecule has 1 N–H and O–H groups in total. The molecule has 31 heavy (non-hydrogen) atoms. The van der Waals surface area contributed by atoms with Gasteiger partial charge in [-0.15, -0.1) is 11.3 Å². The van der Waals surface area contributed by atoms with E-state index in [-0.39, 0.29) is 30.6 Å². The second kappa shape index (κ2) is 7.99. The van der Waals surface area contributed by atoms with Crippen molar-refractivity contribution in [3.05, 3.63) is 53.7 Å². The smallest absolute Gasteiger partial charge is 0.231 e. The molecule has 2 amide bonds. The quantitative estimate of drug-likeness (QED) is 0.670. The second-order valence-electron chi connectivity index (χ2n) is 7.27. The van der Waals surface area contributed by atoms with Gasteiger partial charge in [0.1, 0.15) is 19.0 Å². The summed E-state index contributed by atoms with van der Waals surface area (Å²) < 4.78 is 24.2. The number of carbonyl (C=O) groups is 2. The van der Waals surface area contributed by atoms with E-state index in [1.165, 1.54) is 23.5 Å². The van der Waals surface area contributed by atoms with Crippen LogP contribution in [0.5, 0.6) is 11.5 Å². The van der Waals surface area contributed by atoms with Gasteiger partial charge in [0.05, 0.1) is 11.6 Å². The molecule has 1 atom stereocenters. The Kier molecular flexibility index (Phi) is 5.03. The van der Waals surface area contributed by atoms with Gasteiger partial charge in [0, 0.05) is 35.7 Å². The lowest BCUT2D eigenvalue weighted by atomic mass is 10.1. The van der Waals surface area contributed by atoms with E-state index in [9.17, 15) is 14.0 Å². The maximum atomic E-state index is 13.1. The topological polar surface area (TPSA) is 80.8 Å². The largest absolute Gasteiger partial charge is 0.486 e. The van der Waals surface area contributed by atoms with Crippen LogP contribution < -0.4 is 19.7 Å². The zero-order chi connectivity index (χ0) is 21.4. The molecular formula is C22H18FN3O4S. The van der Waals surface area contributed by atoms with E-state index < -0.39 is 5.92 Å². The van der Waals surface area contributed by atoms with Gasteiger partial charge < -0.3 is 19.7 Å². The number of thiazole rings is 1. The van der Waals surface area contributed by atoms with Gasteiger partial charge >= 0.3 is 0 Å². The fourth-order valence-electron chi connectivity index (χ4n) is 3.62. The first-order chi connectivity index (χ1) is 15.1. The van der Waals surface area contributed by atoms with Crippen LogP contribution in [0.15, 0.2) is 47.8 Å². The standard InChI is InChI=1S/C22H18FN3O4S/c23-15-3-1-13(2-4-15)17-12-31-22(24-17)25-21(28)14-9-20(27)26(11-14)16-5-6-18-19(10-16)30-8-7-29-18/h1-6,10,12,14H,7-9,11H2,(H,24,25,28)/t14-/m0/s1. The number of carbonyl (C=O) groups excluding carboxylic acids is 2. The molecule has 1 fully saturated rings. The second-order valence-corrected chi connectivity index (χ2v) is 8.13. The molecule has 2 aliphatic rings. The number of benzene rings is 2.